The Morgan fingerprint density at radius 3 is 2.86 bits per heavy atom. The van der Waals surface area contributed by atoms with Gasteiger partial charge in [0.15, 0.2) is 12.4 Å². The molecule has 0 aliphatic carbocycles. The first-order valence-electron chi connectivity index (χ1n) is 7.58. The van der Waals surface area contributed by atoms with E-state index in [9.17, 15) is 4.79 Å². The lowest BCUT2D eigenvalue weighted by atomic mass is 9.98. The summed E-state index contributed by atoms with van der Waals surface area (Å²) in [5.41, 5.74) is 1.78. The molecule has 118 valence electrons. The molecule has 1 fully saturated rings. The Balaban J connectivity index is 1.89. The summed E-state index contributed by atoms with van der Waals surface area (Å²) in [7, 11) is 3.84. The van der Waals surface area contributed by atoms with Crippen LogP contribution in [0.2, 0.25) is 0 Å². The third-order valence-corrected chi connectivity index (χ3v) is 4.15. The molecule has 1 atom stereocenters. The van der Waals surface area contributed by atoms with Gasteiger partial charge >= 0.3 is 0 Å². The van der Waals surface area contributed by atoms with Crippen molar-refractivity contribution in [1.82, 2.24) is 20.0 Å². The van der Waals surface area contributed by atoms with E-state index in [1.165, 1.54) is 6.42 Å². The number of hydrogen-bond acceptors (Lipinski definition) is 4. The second-order valence-corrected chi connectivity index (χ2v) is 5.82. The molecule has 0 saturated carbocycles. The molecule has 1 unspecified atom stereocenters. The highest BCUT2D eigenvalue weighted by Gasteiger charge is 2.24. The molecule has 1 aromatic heterocycles. The van der Waals surface area contributed by atoms with Gasteiger partial charge in [0, 0.05) is 20.1 Å². The molecular weight excluding hydrogens is 268 g/mol. The summed E-state index contributed by atoms with van der Waals surface area (Å²) in [5, 5.41) is 7.49. The molecule has 1 aliphatic heterocycles. The topological polar surface area (TPSA) is 59.4 Å². The van der Waals surface area contributed by atoms with E-state index in [2.05, 4.69) is 10.4 Å². The Morgan fingerprint density at radius 1 is 1.48 bits per heavy atom. The van der Waals surface area contributed by atoms with Crippen molar-refractivity contribution in [2.24, 2.45) is 13.0 Å². The average molecular weight is 294 g/mol. The number of aromatic nitrogens is 2. The fourth-order valence-electron chi connectivity index (χ4n) is 2.94. The van der Waals surface area contributed by atoms with Gasteiger partial charge in [0.1, 0.15) is 5.69 Å². The number of ether oxygens (including phenoxy) is 1. The van der Waals surface area contributed by atoms with Crippen LogP contribution in [0, 0.1) is 19.8 Å². The van der Waals surface area contributed by atoms with Crippen LogP contribution in [0.25, 0.3) is 0 Å². The molecule has 1 N–H and O–H groups in total. The normalized spacial score (nSPS) is 18.9. The van der Waals surface area contributed by atoms with Gasteiger partial charge in [-0.05, 0) is 46.2 Å². The maximum Gasteiger partial charge on any atom is 0.260 e. The van der Waals surface area contributed by atoms with E-state index in [4.69, 9.17) is 4.74 Å². The Labute approximate surface area is 126 Å². The molecule has 21 heavy (non-hydrogen) atoms. The summed E-state index contributed by atoms with van der Waals surface area (Å²) in [6, 6.07) is 0. The highest BCUT2D eigenvalue weighted by molar-refractivity contribution is 5.78. The third-order valence-electron chi connectivity index (χ3n) is 4.15. The number of piperidine rings is 1. The first-order valence-corrected chi connectivity index (χ1v) is 7.58. The summed E-state index contributed by atoms with van der Waals surface area (Å²) in [6.45, 7) is 6.58. The van der Waals surface area contributed by atoms with Crippen molar-refractivity contribution < 1.29 is 9.53 Å². The Morgan fingerprint density at radius 2 is 2.24 bits per heavy atom. The SMILES string of the molecule is CNCC1CCCN(C(=O)COc2c(C)nn(C)c2C)C1. The average Bonchev–Trinajstić information content (AvgIpc) is 2.70. The molecule has 0 bridgehead atoms. The molecular formula is C15H26N4O2. The molecule has 1 aromatic rings. The molecule has 6 nitrogen and oxygen atoms in total. The van der Waals surface area contributed by atoms with Crippen molar-refractivity contribution in [2.75, 3.05) is 33.3 Å². The number of rotatable bonds is 5. The minimum Gasteiger partial charge on any atom is -0.480 e. The lowest BCUT2D eigenvalue weighted by Gasteiger charge is -2.32. The van der Waals surface area contributed by atoms with Crippen LogP contribution in [0.4, 0.5) is 0 Å². The van der Waals surface area contributed by atoms with Crippen molar-refractivity contribution in [3.8, 4) is 5.75 Å². The number of amides is 1. The summed E-state index contributed by atoms with van der Waals surface area (Å²) in [4.78, 5) is 14.2. The maximum atomic E-state index is 12.3. The van der Waals surface area contributed by atoms with E-state index < -0.39 is 0 Å². The first-order chi connectivity index (χ1) is 10.0. The third kappa shape index (κ3) is 3.75. The lowest BCUT2D eigenvalue weighted by Crippen LogP contribution is -2.44. The number of aryl methyl sites for hydroxylation is 2. The molecule has 0 spiro atoms. The van der Waals surface area contributed by atoms with E-state index in [1.807, 2.05) is 32.8 Å². The largest absolute Gasteiger partial charge is 0.480 e. The van der Waals surface area contributed by atoms with Crippen molar-refractivity contribution in [3.05, 3.63) is 11.4 Å². The van der Waals surface area contributed by atoms with Crippen molar-refractivity contribution in [3.63, 3.8) is 0 Å². The second kappa shape index (κ2) is 6.93. The highest BCUT2D eigenvalue weighted by Crippen LogP contribution is 2.22. The van der Waals surface area contributed by atoms with Crippen molar-refractivity contribution >= 4 is 5.91 Å². The van der Waals surface area contributed by atoms with E-state index in [-0.39, 0.29) is 12.5 Å². The summed E-state index contributed by atoms with van der Waals surface area (Å²) in [6.07, 6.45) is 2.26. The Bertz CT molecular complexity index is 496. The van der Waals surface area contributed by atoms with Crippen LogP contribution in [0.3, 0.4) is 0 Å². The van der Waals surface area contributed by atoms with Crippen LogP contribution < -0.4 is 10.1 Å². The second-order valence-electron chi connectivity index (χ2n) is 5.82. The molecule has 2 rings (SSSR count). The first kappa shape index (κ1) is 15.8. The minimum atomic E-state index is 0.0680. The Kier molecular flexibility index (Phi) is 5.22. The smallest absolute Gasteiger partial charge is 0.260 e. The monoisotopic (exact) mass is 294 g/mol. The molecule has 1 saturated heterocycles. The van der Waals surface area contributed by atoms with Gasteiger partial charge < -0.3 is 15.0 Å². The predicted octanol–water partition coefficient (Wildman–Crippen LogP) is 0.874. The summed E-state index contributed by atoms with van der Waals surface area (Å²) >= 11 is 0. The zero-order valence-corrected chi connectivity index (χ0v) is 13.5. The quantitative estimate of drug-likeness (QED) is 0.875. The minimum absolute atomic E-state index is 0.0680. The standard InChI is InChI=1S/C15H26N4O2/c1-11-15(12(2)18(4)17-11)21-10-14(20)19-7-5-6-13(9-19)8-16-3/h13,16H,5-10H2,1-4H3. The molecule has 0 radical (unpaired) electrons. The lowest BCUT2D eigenvalue weighted by molar-refractivity contribution is -0.135. The number of carbonyl (C=O) groups excluding carboxylic acids is 1. The van der Waals surface area contributed by atoms with Crippen LogP contribution in [0.5, 0.6) is 5.75 Å². The van der Waals surface area contributed by atoms with Gasteiger partial charge in [0.2, 0.25) is 0 Å². The van der Waals surface area contributed by atoms with Crippen molar-refractivity contribution in [1.29, 1.82) is 0 Å². The van der Waals surface area contributed by atoms with Gasteiger partial charge in [-0.3, -0.25) is 9.48 Å². The predicted molar refractivity (Wildman–Crippen MR) is 81.4 cm³/mol. The summed E-state index contributed by atoms with van der Waals surface area (Å²) < 4.78 is 7.49. The van der Waals surface area contributed by atoms with Gasteiger partial charge in [-0.15, -0.1) is 0 Å². The van der Waals surface area contributed by atoms with Crippen LogP contribution in [-0.2, 0) is 11.8 Å². The molecule has 1 amide bonds. The van der Waals surface area contributed by atoms with E-state index >= 15 is 0 Å². The maximum absolute atomic E-state index is 12.3. The van der Waals surface area contributed by atoms with Gasteiger partial charge in [0.25, 0.3) is 5.91 Å². The number of nitrogens with zero attached hydrogens (tertiary/aromatic N) is 3. The van der Waals surface area contributed by atoms with Crippen LogP contribution in [0.15, 0.2) is 0 Å². The molecule has 1 aliphatic rings. The zero-order valence-electron chi connectivity index (χ0n) is 13.5. The highest BCUT2D eigenvalue weighted by atomic mass is 16.5. The number of hydrogen-bond donors (Lipinski definition) is 1. The van der Waals surface area contributed by atoms with Gasteiger partial charge in [0.05, 0.1) is 5.69 Å². The van der Waals surface area contributed by atoms with Gasteiger partial charge in [-0.25, -0.2) is 0 Å². The van der Waals surface area contributed by atoms with Gasteiger partial charge in [-0.1, -0.05) is 0 Å². The Hall–Kier alpha value is -1.56. The fraction of sp³-hybridized carbons (Fsp3) is 0.733. The van der Waals surface area contributed by atoms with Crippen LogP contribution in [0.1, 0.15) is 24.2 Å². The number of likely N-dealkylation sites (tertiary alicyclic amines) is 1. The number of carbonyl (C=O) groups is 1. The van der Waals surface area contributed by atoms with E-state index in [0.29, 0.717) is 5.92 Å². The summed E-state index contributed by atoms with van der Waals surface area (Å²) in [5.74, 6) is 1.35. The number of nitrogens with one attached hydrogen (secondary N) is 1. The fourth-order valence-corrected chi connectivity index (χ4v) is 2.94. The van der Waals surface area contributed by atoms with Crippen LogP contribution >= 0.6 is 0 Å². The van der Waals surface area contributed by atoms with Crippen LogP contribution in [-0.4, -0.2) is 53.9 Å². The van der Waals surface area contributed by atoms with E-state index in [1.54, 1.807) is 4.68 Å². The molecule has 0 aromatic carbocycles. The zero-order chi connectivity index (χ0) is 15.4. The van der Waals surface area contributed by atoms with Crippen molar-refractivity contribution in [2.45, 2.75) is 26.7 Å². The molecule has 6 heteroatoms. The van der Waals surface area contributed by atoms with E-state index in [0.717, 1.165) is 43.2 Å². The van der Waals surface area contributed by atoms with Gasteiger partial charge in [-0.2, -0.15) is 5.10 Å². The molecule has 2 heterocycles.